The number of hydrogen-bond donors (Lipinski definition) is 0. The molecule has 2 fully saturated rings. The van der Waals surface area contributed by atoms with Crippen molar-refractivity contribution in [1.82, 2.24) is 14.1 Å². The number of likely N-dealkylation sites (tertiary alicyclic amines) is 1. The summed E-state index contributed by atoms with van der Waals surface area (Å²) in [4.78, 5) is 27.9. The molecule has 7 nitrogen and oxygen atoms in total. The van der Waals surface area contributed by atoms with Crippen molar-refractivity contribution in [2.45, 2.75) is 11.3 Å². The lowest BCUT2D eigenvalue weighted by atomic mass is 10.1. The highest BCUT2D eigenvalue weighted by Crippen LogP contribution is 2.22. The maximum atomic E-state index is 12.7. The average Bonchev–Trinajstić information content (AvgIpc) is 3.18. The first-order valence-corrected chi connectivity index (χ1v) is 10.1. The highest BCUT2D eigenvalue weighted by Gasteiger charge is 2.36. The van der Waals surface area contributed by atoms with Crippen molar-refractivity contribution < 1.29 is 18.0 Å². The van der Waals surface area contributed by atoms with Crippen molar-refractivity contribution in [3.63, 3.8) is 0 Å². The quantitative estimate of drug-likeness (QED) is 0.718. The van der Waals surface area contributed by atoms with Crippen molar-refractivity contribution in [1.29, 1.82) is 0 Å². The first kappa shape index (κ1) is 18.6. The van der Waals surface area contributed by atoms with Gasteiger partial charge in [0.2, 0.25) is 21.8 Å². The SMILES string of the molecule is C=CC(=O)N1CCC(C(=O)N2CCN(S(=O)(=O)c3ccccc3)CC2)C1. The van der Waals surface area contributed by atoms with Crippen LogP contribution in [0.5, 0.6) is 0 Å². The molecule has 2 saturated heterocycles. The van der Waals surface area contributed by atoms with Crippen LogP contribution in [0.4, 0.5) is 0 Å². The molecule has 0 aromatic heterocycles. The molecular formula is C18H23N3O4S. The van der Waals surface area contributed by atoms with Gasteiger partial charge >= 0.3 is 0 Å². The number of rotatable bonds is 4. The molecule has 0 N–H and O–H groups in total. The molecule has 140 valence electrons. The van der Waals surface area contributed by atoms with Crippen LogP contribution in [0.25, 0.3) is 0 Å². The number of hydrogen-bond acceptors (Lipinski definition) is 4. The molecule has 0 aliphatic carbocycles. The third kappa shape index (κ3) is 3.66. The van der Waals surface area contributed by atoms with E-state index >= 15 is 0 Å². The predicted molar refractivity (Wildman–Crippen MR) is 96.7 cm³/mol. The van der Waals surface area contributed by atoms with Crippen LogP contribution in [0.3, 0.4) is 0 Å². The molecule has 1 aromatic carbocycles. The highest BCUT2D eigenvalue weighted by molar-refractivity contribution is 7.89. The lowest BCUT2D eigenvalue weighted by Gasteiger charge is -2.35. The van der Waals surface area contributed by atoms with Crippen molar-refractivity contribution in [3.8, 4) is 0 Å². The fraction of sp³-hybridized carbons (Fsp3) is 0.444. The second-order valence-corrected chi connectivity index (χ2v) is 8.45. The minimum absolute atomic E-state index is 0.00104. The van der Waals surface area contributed by atoms with E-state index in [1.54, 1.807) is 40.1 Å². The Morgan fingerprint density at radius 1 is 1.00 bits per heavy atom. The van der Waals surface area contributed by atoms with Gasteiger partial charge in [-0.25, -0.2) is 8.42 Å². The van der Waals surface area contributed by atoms with Crippen LogP contribution in [0, 0.1) is 5.92 Å². The minimum Gasteiger partial charge on any atom is -0.340 e. The molecular weight excluding hydrogens is 354 g/mol. The fourth-order valence-electron chi connectivity index (χ4n) is 3.44. The van der Waals surface area contributed by atoms with Gasteiger partial charge in [-0.3, -0.25) is 9.59 Å². The van der Waals surface area contributed by atoms with E-state index in [1.807, 2.05) is 0 Å². The predicted octanol–water partition coefficient (Wildman–Crippen LogP) is 0.554. The molecule has 0 spiro atoms. The highest BCUT2D eigenvalue weighted by atomic mass is 32.2. The third-order valence-electron chi connectivity index (χ3n) is 4.96. The molecule has 8 heteroatoms. The molecule has 26 heavy (non-hydrogen) atoms. The van der Waals surface area contributed by atoms with Gasteiger partial charge in [-0.1, -0.05) is 24.8 Å². The summed E-state index contributed by atoms with van der Waals surface area (Å²) in [6, 6.07) is 8.33. The Labute approximate surface area is 153 Å². The van der Waals surface area contributed by atoms with Gasteiger partial charge in [0.05, 0.1) is 10.8 Å². The zero-order valence-corrected chi connectivity index (χ0v) is 15.4. The summed E-state index contributed by atoms with van der Waals surface area (Å²) in [6.45, 7) is 5.75. The second kappa shape index (κ2) is 7.59. The summed E-state index contributed by atoms with van der Waals surface area (Å²) in [7, 11) is -3.52. The zero-order chi connectivity index (χ0) is 18.7. The van der Waals surface area contributed by atoms with Gasteiger partial charge in [-0.15, -0.1) is 0 Å². The van der Waals surface area contributed by atoms with E-state index in [1.165, 1.54) is 10.4 Å². The van der Waals surface area contributed by atoms with Gasteiger partial charge in [0.15, 0.2) is 0 Å². The standard InChI is InChI=1S/C18H23N3O4S/c1-2-17(22)20-9-8-15(14-20)18(23)19-10-12-21(13-11-19)26(24,25)16-6-4-3-5-7-16/h2-7,15H,1,8-14H2. The molecule has 1 aromatic rings. The van der Waals surface area contributed by atoms with Gasteiger partial charge in [-0.05, 0) is 24.6 Å². The van der Waals surface area contributed by atoms with Gasteiger partial charge in [0.25, 0.3) is 0 Å². The van der Waals surface area contributed by atoms with Crippen molar-refractivity contribution >= 4 is 21.8 Å². The molecule has 2 aliphatic rings. The molecule has 1 unspecified atom stereocenters. The lowest BCUT2D eigenvalue weighted by Crippen LogP contribution is -2.52. The number of carbonyl (C=O) groups excluding carboxylic acids is 2. The molecule has 3 rings (SSSR count). The van der Waals surface area contributed by atoms with E-state index in [4.69, 9.17) is 0 Å². The summed E-state index contributed by atoms with van der Waals surface area (Å²) in [5.74, 6) is -0.364. The smallest absolute Gasteiger partial charge is 0.245 e. The monoisotopic (exact) mass is 377 g/mol. The van der Waals surface area contributed by atoms with Crippen LogP contribution in [-0.2, 0) is 19.6 Å². The maximum Gasteiger partial charge on any atom is 0.245 e. The minimum atomic E-state index is -3.52. The Morgan fingerprint density at radius 2 is 1.65 bits per heavy atom. The largest absolute Gasteiger partial charge is 0.340 e. The van der Waals surface area contributed by atoms with Gasteiger partial charge in [0, 0.05) is 39.3 Å². The zero-order valence-electron chi connectivity index (χ0n) is 14.6. The summed E-state index contributed by atoms with van der Waals surface area (Å²) >= 11 is 0. The Hall–Kier alpha value is -2.19. The number of sulfonamides is 1. The van der Waals surface area contributed by atoms with E-state index in [2.05, 4.69) is 6.58 Å². The van der Waals surface area contributed by atoms with Crippen molar-refractivity contribution in [2.75, 3.05) is 39.3 Å². The van der Waals surface area contributed by atoms with Crippen LogP contribution < -0.4 is 0 Å². The van der Waals surface area contributed by atoms with Crippen LogP contribution in [0.1, 0.15) is 6.42 Å². The molecule has 2 heterocycles. The Bertz CT molecular complexity index is 786. The number of benzene rings is 1. The normalized spacial score (nSPS) is 21.6. The van der Waals surface area contributed by atoms with E-state index in [0.717, 1.165) is 0 Å². The van der Waals surface area contributed by atoms with E-state index in [9.17, 15) is 18.0 Å². The molecule has 0 bridgehead atoms. The van der Waals surface area contributed by atoms with Gasteiger partial charge in [0.1, 0.15) is 0 Å². The van der Waals surface area contributed by atoms with E-state index in [-0.39, 0.29) is 35.7 Å². The average molecular weight is 377 g/mol. The fourth-order valence-corrected chi connectivity index (χ4v) is 4.88. The molecule has 0 saturated carbocycles. The van der Waals surface area contributed by atoms with Gasteiger partial charge < -0.3 is 9.80 Å². The number of carbonyl (C=O) groups is 2. The van der Waals surface area contributed by atoms with Crippen molar-refractivity contribution in [3.05, 3.63) is 43.0 Å². The summed E-state index contributed by atoms with van der Waals surface area (Å²) in [5, 5.41) is 0. The number of piperazine rings is 1. The van der Waals surface area contributed by atoms with Crippen LogP contribution in [0.2, 0.25) is 0 Å². The Balaban J connectivity index is 1.58. The molecule has 2 aliphatic heterocycles. The topological polar surface area (TPSA) is 78.0 Å². The Morgan fingerprint density at radius 3 is 2.27 bits per heavy atom. The molecule has 2 amide bonds. The summed E-state index contributed by atoms with van der Waals surface area (Å²) in [5.41, 5.74) is 0. The molecule has 1 atom stereocenters. The lowest BCUT2D eigenvalue weighted by molar-refractivity contribution is -0.136. The number of amides is 2. The van der Waals surface area contributed by atoms with E-state index in [0.29, 0.717) is 32.6 Å². The summed E-state index contributed by atoms with van der Waals surface area (Å²) < 4.78 is 26.7. The summed E-state index contributed by atoms with van der Waals surface area (Å²) in [6.07, 6.45) is 1.90. The van der Waals surface area contributed by atoms with Crippen LogP contribution in [-0.4, -0.2) is 73.6 Å². The maximum absolute atomic E-state index is 12.7. The Kier molecular flexibility index (Phi) is 5.43. The number of nitrogens with zero attached hydrogens (tertiary/aromatic N) is 3. The molecule has 0 radical (unpaired) electrons. The van der Waals surface area contributed by atoms with Crippen LogP contribution in [0.15, 0.2) is 47.9 Å². The first-order valence-electron chi connectivity index (χ1n) is 8.69. The van der Waals surface area contributed by atoms with Crippen molar-refractivity contribution in [2.24, 2.45) is 5.92 Å². The third-order valence-corrected chi connectivity index (χ3v) is 6.87. The second-order valence-electron chi connectivity index (χ2n) is 6.52. The van der Waals surface area contributed by atoms with E-state index < -0.39 is 10.0 Å². The van der Waals surface area contributed by atoms with Crippen LogP contribution >= 0.6 is 0 Å². The first-order chi connectivity index (χ1) is 12.4. The van der Waals surface area contributed by atoms with Gasteiger partial charge in [-0.2, -0.15) is 4.31 Å².